The van der Waals surface area contributed by atoms with Crippen LogP contribution in [0.5, 0.6) is 0 Å². The fourth-order valence-corrected chi connectivity index (χ4v) is 8.02. The molecule has 6 nitrogen and oxygen atoms in total. The molecule has 186 valence electrons. The lowest BCUT2D eigenvalue weighted by molar-refractivity contribution is 0.554. The number of benzene rings is 1. The lowest BCUT2D eigenvalue weighted by atomic mass is 10.1. The molecule has 2 aromatic heterocycles. The average molecular weight is 511 g/mol. The van der Waals surface area contributed by atoms with Crippen LogP contribution in [-0.4, -0.2) is 30.2 Å². The Bertz CT molecular complexity index is 1350. The van der Waals surface area contributed by atoms with Crippen LogP contribution in [0.25, 0.3) is 11.2 Å². The van der Waals surface area contributed by atoms with Crippen LogP contribution >= 0.6 is 23.5 Å². The first kappa shape index (κ1) is 24.5. The third kappa shape index (κ3) is 4.79. The third-order valence-electron chi connectivity index (χ3n) is 6.92. The molecule has 1 saturated carbocycles. The summed E-state index contributed by atoms with van der Waals surface area (Å²) >= 11 is 4.01. The zero-order valence-corrected chi connectivity index (χ0v) is 22.3. The molecule has 0 amide bonds. The van der Waals surface area contributed by atoms with Crippen molar-refractivity contribution in [2.75, 3.05) is 11.5 Å². The molecule has 0 spiro atoms. The quantitative estimate of drug-likeness (QED) is 0.415. The Hall–Kier alpha value is -2.19. The minimum Gasteiger partial charge on any atom is -0.317 e. The summed E-state index contributed by atoms with van der Waals surface area (Å²) in [6, 6.07) is 10.3. The van der Waals surface area contributed by atoms with E-state index in [0.717, 1.165) is 43.5 Å². The molecule has 5 rings (SSSR count). The SMILES string of the molecule is CCCn1c(=O)c2c(nc(C3CCC(=C4SCCCS4)C3)n2Cc2ccccc2)n(CCC)c1=O. The topological polar surface area (TPSA) is 61.8 Å². The van der Waals surface area contributed by atoms with Gasteiger partial charge in [0.05, 0.1) is 0 Å². The van der Waals surface area contributed by atoms with Crippen LogP contribution in [0.4, 0.5) is 0 Å². The first-order chi connectivity index (χ1) is 17.1. The minimum absolute atomic E-state index is 0.205. The number of fused-ring (bicyclic) bond motifs is 1. The van der Waals surface area contributed by atoms with Gasteiger partial charge in [0.25, 0.3) is 5.56 Å². The Morgan fingerprint density at radius 2 is 1.69 bits per heavy atom. The highest BCUT2D eigenvalue weighted by atomic mass is 32.2. The van der Waals surface area contributed by atoms with Gasteiger partial charge in [0.1, 0.15) is 5.82 Å². The van der Waals surface area contributed by atoms with E-state index in [1.807, 2.05) is 48.6 Å². The van der Waals surface area contributed by atoms with Gasteiger partial charge in [0.15, 0.2) is 11.2 Å². The number of allylic oxidation sites excluding steroid dienone is 1. The lowest BCUT2D eigenvalue weighted by Crippen LogP contribution is -2.40. The highest BCUT2D eigenvalue weighted by Crippen LogP contribution is 2.46. The summed E-state index contributed by atoms with van der Waals surface area (Å²) in [7, 11) is 0. The van der Waals surface area contributed by atoms with E-state index < -0.39 is 0 Å². The number of nitrogens with zero attached hydrogens (tertiary/aromatic N) is 4. The summed E-state index contributed by atoms with van der Waals surface area (Å²) in [5.74, 6) is 3.65. The minimum atomic E-state index is -0.230. The highest BCUT2D eigenvalue weighted by Gasteiger charge is 2.31. The molecule has 2 fully saturated rings. The van der Waals surface area contributed by atoms with E-state index in [0.29, 0.717) is 30.8 Å². The maximum Gasteiger partial charge on any atom is 0.332 e. The summed E-state index contributed by atoms with van der Waals surface area (Å²) in [4.78, 5) is 32.1. The number of hydrogen-bond acceptors (Lipinski definition) is 5. The van der Waals surface area contributed by atoms with E-state index in [1.165, 1.54) is 26.7 Å². The lowest BCUT2D eigenvalue weighted by Gasteiger charge is -2.16. The molecule has 2 aliphatic rings. The number of aryl methyl sites for hydroxylation is 1. The smallest absolute Gasteiger partial charge is 0.317 e. The fraction of sp³-hybridized carbons (Fsp3) is 0.519. The van der Waals surface area contributed by atoms with Crippen LogP contribution in [0.1, 0.15) is 69.7 Å². The van der Waals surface area contributed by atoms with Crippen molar-refractivity contribution in [2.24, 2.45) is 0 Å². The second-order valence-corrected chi connectivity index (χ2v) is 12.0. The van der Waals surface area contributed by atoms with E-state index >= 15 is 0 Å². The third-order valence-corrected chi connectivity index (χ3v) is 9.71. The van der Waals surface area contributed by atoms with Crippen LogP contribution in [0, 0.1) is 0 Å². The van der Waals surface area contributed by atoms with Gasteiger partial charge in [-0.2, -0.15) is 0 Å². The van der Waals surface area contributed by atoms with Gasteiger partial charge in [-0.15, -0.1) is 23.5 Å². The number of rotatable bonds is 7. The Kier molecular flexibility index (Phi) is 7.58. The first-order valence-corrected chi connectivity index (χ1v) is 14.8. The summed E-state index contributed by atoms with van der Waals surface area (Å²) in [5.41, 5.74) is 3.39. The Morgan fingerprint density at radius 3 is 2.40 bits per heavy atom. The Balaban J connectivity index is 1.68. The van der Waals surface area contributed by atoms with Gasteiger partial charge in [0, 0.05) is 29.8 Å². The largest absolute Gasteiger partial charge is 0.332 e. The van der Waals surface area contributed by atoms with Gasteiger partial charge in [-0.1, -0.05) is 44.2 Å². The summed E-state index contributed by atoms with van der Waals surface area (Å²) in [6.07, 6.45) is 5.96. The van der Waals surface area contributed by atoms with Crippen LogP contribution in [0.3, 0.4) is 0 Å². The van der Waals surface area contributed by atoms with E-state index in [9.17, 15) is 9.59 Å². The number of imidazole rings is 1. The molecule has 1 saturated heterocycles. The van der Waals surface area contributed by atoms with Gasteiger partial charge in [-0.3, -0.25) is 13.9 Å². The molecule has 3 aromatic rings. The predicted molar refractivity (Wildman–Crippen MR) is 148 cm³/mol. The van der Waals surface area contributed by atoms with E-state index in [-0.39, 0.29) is 17.2 Å². The first-order valence-electron chi connectivity index (χ1n) is 12.9. The molecule has 35 heavy (non-hydrogen) atoms. The van der Waals surface area contributed by atoms with Crippen molar-refractivity contribution >= 4 is 34.7 Å². The fourth-order valence-electron chi connectivity index (χ4n) is 5.28. The van der Waals surface area contributed by atoms with Crippen LogP contribution in [0.2, 0.25) is 0 Å². The van der Waals surface area contributed by atoms with Crippen molar-refractivity contribution in [3.05, 3.63) is 72.4 Å². The van der Waals surface area contributed by atoms with Crippen LogP contribution in [0.15, 0.2) is 49.7 Å². The van der Waals surface area contributed by atoms with Crippen molar-refractivity contribution in [2.45, 2.75) is 77.9 Å². The molecule has 8 heteroatoms. The molecule has 1 aliphatic carbocycles. The molecule has 1 unspecified atom stereocenters. The maximum atomic E-state index is 13.7. The van der Waals surface area contributed by atoms with Crippen molar-refractivity contribution in [3.63, 3.8) is 0 Å². The van der Waals surface area contributed by atoms with Crippen molar-refractivity contribution in [1.29, 1.82) is 0 Å². The monoisotopic (exact) mass is 510 g/mol. The van der Waals surface area contributed by atoms with E-state index in [2.05, 4.69) is 23.6 Å². The van der Waals surface area contributed by atoms with Gasteiger partial charge in [-0.05, 0) is 61.2 Å². The molecule has 3 heterocycles. The van der Waals surface area contributed by atoms with Crippen LogP contribution < -0.4 is 11.2 Å². The number of hydrogen-bond donors (Lipinski definition) is 0. The zero-order chi connectivity index (χ0) is 24.4. The maximum absolute atomic E-state index is 13.7. The van der Waals surface area contributed by atoms with Gasteiger partial charge in [-0.25, -0.2) is 9.78 Å². The van der Waals surface area contributed by atoms with Gasteiger partial charge < -0.3 is 4.57 Å². The van der Waals surface area contributed by atoms with Crippen molar-refractivity contribution in [1.82, 2.24) is 18.7 Å². The highest BCUT2D eigenvalue weighted by molar-refractivity contribution is 8.22. The Morgan fingerprint density at radius 1 is 0.971 bits per heavy atom. The second kappa shape index (κ2) is 10.8. The Labute approximate surface area is 214 Å². The molecule has 0 radical (unpaired) electrons. The molecule has 0 N–H and O–H groups in total. The van der Waals surface area contributed by atoms with E-state index in [1.54, 1.807) is 10.1 Å². The molecule has 1 atom stereocenters. The summed E-state index contributed by atoms with van der Waals surface area (Å²) < 4.78 is 6.79. The molecule has 1 aromatic carbocycles. The van der Waals surface area contributed by atoms with Crippen LogP contribution in [-0.2, 0) is 19.6 Å². The standard InChI is InChI=1S/C27H34N4O2S2/c1-3-13-29-24-22(25(32)30(14-4-2)27(29)33)31(18-19-9-6-5-7-10-19)23(28-24)20-11-12-21(17-20)26-34-15-8-16-35-26/h5-7,9-10,20H,3-4,8,11-18H2,1-2H3. The molecular weight excluding hydrogens is 476 g/mol. The predicted octanol–water partition coefficient (Wildman–Crippen LogP) is 5.58. The average Bonchev–Trinajstić information content (AvgIpc) is 3.51. The van der Waals surface area contributed by atoms with Gasteiger partial charge in [0.2, 0.25) is 0 Å². The van der Waals surface area contributed by atoms with Crippen molar-refractivity contribution < 1.29 is 0 Å². The van der Waals surface area contributed by atoms with E-state index in [4.69, 9.17) is 4.98 Å². The molecule has 1 aliphatic heterocycles. The number of thioether (sulfide) groups is 2. The summed E-state index contributed by atoms with van der Waals surface area (Å²) in [6.45, 7) is 5.64. The molecule has 0 bridgehead atoms. The van der Waals surface area contributed by atoms with Gasteiger partial charge >= 0.3 is 5.69 Å². The second-order valence-electron chi connectivity index (χ2n) is 9.49. The zero-order valence-electron chi connectivity index (χ0n) is 20.7. The normalized spacial score (nSPS) is 18.6. The molecular formula is C27H34N4O2S2. The summed E-state index contributed by atoms with van der Waals surface area (Å²) in [5, 5.41) is 0. The number of aromatic nitrogens is 4. The van der Waals surface area contributed by atoms with Crippen molar-refractivity contribution in [3.8, 4) is 0 Å².